The average molecular weight is 242 g/mol. The highest BCUT2D eigenvalue weighted by molar-refractivity contribution is 5.55. The van der Waals surface area contributed by atoms with Crippen LogP contribution in [0, 0.1) is 0 Å². The van der Waals surface area contributed by atoms with Crippen molar-refractivity contribution in [3.8, 4) is 11.5 Å². The van der Waals surface area contributed by atoms with E-state index in [2.05, 4.69) is 16.4 Å². The summed E-state index contributed by atoms with van der Waals surface area (Å²) in [5, 5.41) is 3.36. The van der Waals surface area contributed by atoms with Crippen molar-refractivity contribution in [2.45, 2.75) is 6.42 Å². The largest absolute Gasteiger partial charge is 0.454 e. The van der Waals surface area contributed by atoms with Crippen LogP contribution in [0.2, 0.25) is 0 Å². The van der Waals surface area contributed by atoms with E-state index in [9.17, 15) is 0 Å². The second-order valence-corrected chi connectivity index (χ2v) is 4.11. The van der Waals surface area contributed by atoms with E-state index < -0.39 is 0 Å². The van der Waals surface area contributed by atoms with Gasteiger partial charge < -0.3 is 14.8 Å². The van der Waals surface area contributed by atoms with Crippen LogP contribution < -0.4 is 14.8 Å². The number of aromatic nitrogens is 1. The van der Waals surface area contributed by atoms with Crippen molar-refractivity contribution in [1.29, 1.82) is 0 Å². The van der Waals surface area contributed by atoms with E-state index in [1.54, 1.807) is 6.20 Å². The van der Waals surface area contributed by atoms with Gasteiger partial charge in [0.2, 0.25) is 6.79 Å². The Balaban J connectivity index is 1.57. The smallest absolute Gasteiger partial charge is 0.231 e. The molecule has 2 aromatic rings. The zero-order chi connectivity index (χ0) is 12.2. The Labute approximate surface area is 106 Å². The van der Waals surface area contributed by atoms with E-state index in [0.717, 1.165) is 30.2 Å². The highest BCUT2D eigenvalue weighted by Gasteiger charge is 2.12. The normalized spacial score (nSPS) is 12.4. The zero-order valence-corrected chi connectivity index (χ0v) is 9.93. The molecule has 0 bridgehead atoms. The maximum atomic E-state index is 5.33. The molecule has 1 aliphatic rings. The van der Waals surface area contributed by atoms with E-state index in [1.807, 2.05) is 30.5 Å². The molecular weight excluding hydrogens is 228 g/mol. The first kappa shape index (κ1) is 10.9. The number of rotatable bonds is 4. The number of pyridine rings is 1. The van der Waals surface area contributed by atoms with Crippen molar-refractivity contribution >= 4 is 5.69 Å². The van der Waals surface area contributed by atoms with E-state index >= 15 is 0 Å². The Morgan fingerprint density at radius 2 is 2.11 bits per heavy atom. The Morgan fingerprint density at radius 1 is 1.17 bits per heavy atom. The fourth-order valence-corrected chi connectivity index (χ4v) is 1.90. The number of ether oxygens (including phenoxy) is 2. The van der Waals surface area contributed by atoms with Gasteiger partial charge in [-0.05, 0) is 30.2 Å². The molecule has 0 unspecified atom stereocenters. The highest BCUT2D eigenvalue weighted by Crippen LogP contribution is 2.34. The summed E-state index contributed by atoms with van der Waals surface area (Å²) in [5.41, 5.74) is 2.27. The SMILES string of the molecule is c1cncc(CCNc2ccc3c(c2)OCO3)c1. The molecule has 0 aliphatic carbocycles. The van der Waals surface area contributed by atoms with Crippen molar-refractivity contribution in [3.05, 3.63) is 48.3 Å². The lowest BCUT2D eigenvalue weighted by Crippen LogP contribution is -2.04. The summed E-state index contributed by atoms with van der Waals surface area (Å²) in [4.78, 5) is 4.09. The maximum absolute atomic E-state index is 5.33. The van der Waals surface area contributed by atoms with Gasteiger partial charge in [0.05, 0.1) is 0 Å². The van der Waals surface area contributed by atoms with Gasteiger partial charge in [-0.2, -0.15) is 0 Å². The summed E-state index contributed by atoms with van der Waals surface area (Å²) in [6.45, 7) is 1.18. The molecule has 2 heterocycles. The minimum atomic E-state index is 0.314. The van der Waals surface area contributed by atoms with Crippen LogP contribution >= 0.6 is 0 Å². The standard InChI is InChI=1S/C14H14N2O2/c1-2-11(9-15-6-1)5-7-16-12-3-4-13-14(8-12)18-10-17-13/h1-4,6,8-9,16H,5,7,10H2. The van der Waals surface area contributed by atoms with Crippen molar-refractivity contribution in [2.24, 2.45) is 0 Å². The molecule has 0 fully saturated rings. The third-order valence-electron chi connectivity index (χ3n) is 2.84. The Morgan fingerprint density at radius 3 is 3.00 bits per heavy atom. The Kier molecular flexibility index (Phi) is 3.00. The Hall–Kier alpha value is -2.23. The molecule has 1 N–H and O–H groups in total. The molecule has 3 rings (SSSR count). The Bertz CT molecular complexity index is 529. The van der Waals surface area contributed by atoms with Crippen molar-refractivity contribution in [3.63, 3.8) is 0 Å². The minimum absolute atomic E-state index is 0.314. The van der Waals surface area contributed by atoms with Gasteiger partial charge in [-0.1, -0.05) is 6.07 Å². The number of nitrogens with zero attached hydrogens (tertiary/aromatic N) is 1. The van der Waals surface area contributed by atoms with Crippen LogP contribution in [0.1, 0.15) is 5.56 Å². The monoisotopic (exact) mass is 242 g/mol. The summed E-state index contributed by atoms with van der Waals surface area (Å²) in [6, 6.07) is 9.92. The van der Waals surface area contributed by atoms with Crippen molar-refractivity contribution in [1.82, 2.24) is 4.98 Å². The predicted molar refractivity (Wildman–Crippen MR) is 69.0 cm³/mol. The number of fused-ring (bicyclic) bond motifs is 1. The van der Waals surface area contributed by atoms with Crippen LogP contribution in [0.5, 0.6) is 11.5 Å². The first-order valence-electron chi connectivity index (χ1n) is 5.94. The molecule has 0 amide bonds. The number of benzene rings is 1. The van der Waals surface area contributed by atoms with Gasteiger partial charge in [-0.25, -0.2) is 0 Å². The molecule has 0 atom stereocenters. The summed E-state index contributed by atoms with van der Waals surface area (Å²) in [5.74, 6) is 1.62. The first-order valence-corrected chi connectivity index (χ1v) is 5.94. The molecule has 1 aliphatic heterocycles. The summed E-state index contributed by atoms with van der Waals surface area (Å²) in [6.07, 6.45) is 4.62. The van der Waals surface area contributed by atoms with Crippen LogP contribution in [0.3, 0.4) is 0 Å². The molecule has 0 saturated heterocycles. The topological polar surface area (TPSA) is 43.4 Å². The highest BCUT2D eigenvalue weighted by atomic mass is 16.7. The second kappa shape index (κ2) is 4.96. The second-order valence-electron chi connectivity index (χ2n) is 4.11. The molecule has 1 aromatic carbocycles. The maximum Gasteiger partial charge on any atom is 0.231 e. The average Bonchev–Trinajstić information content (AvgIpc) is 2.87. The molecule has 0 spiro atoms. The first-order chi connectivity index (χ1) is 8.92. The summed E-state index contributed by atoms with van der Waals surface area (Å²) >= 11 is 0. The molecule has 18 heavy (non-hydrogen) atoms. The van der Waals surface area contributed by atoms with E-state index in [-0.39, 0.29) is 0 Å². The van der Waals surface area contributed by atoms with Gasteiger partial charge in [0, 0.05) is 30.7 Å². The lowest BCUT2D eigenvalue weighted by molar-refractivity contribution is 0.174. The van der Waals surface area contributed by atoms with Crippen LogP contribution in [0.15, 0.2) is 42.7 Å². The quantitative estimate of drug-likeness (QED) is 0.894. The summed E-state index contributed by atoms with van der Waals surface area (Å²) < 4.78 is 10.6. The number of hydrogen-bond acceptors (Lipinski definition) is 4. The van der Waals surface area contributed by atoms with Gasteiger partial charge in [0.1, 0.15) is 0 Å². The molecule has 92 valence electrons. The van der Waals surface area contributed by atoms with Gasteiger partial charge in [0.15, 0.2) is 11.5 Å². The fraction of sp³-hybridized carbons (Fsp3) is 0.214. The van der Waals surface area contributed by atoms with E-state index in [1.165, 1.54) is 5.56 Å². The molecule has 4 heteroatoms. The lowest BCUT2D eigenvalue weighted by Gasteiger charge is -2.07. The van der Waals surface area contributed by atoms with Crippen LogP contribution in [0.4, 0.5) is 5.69 Å². The third-order valence-corrected chi connectivity index (χ3v) is 2.84. The fourth-order valence-electron chi connectivity index (χ4n) is 1.90. The lowest BCUT2D eigenvalue weighted by atomic mass is 10.2. The zero-order valence-electron chi connectivity index (χ0n) is 9.93. The van der Waals surface area contributed by atoms with Gasteiger partial charge in [0.25, 0.3) is 0 Å². The number of anilines is 1. The molecule has 1 aromatic heterocycles. The minimum Gasteiger partial charge on any atom is -0.454 e. The molecule has 4 nitrogen and oxygen atoms in total. The number of hydrogen-bond donors (Lipinski definition) is 1. The van der Waals surface area contributed by atoms with Crippen molar-refractivity contribution in [2.75, 3.05) is 18.7 Å². The van der Waals surface area contributed by atoms with Gasteiger partial charge >= 0.3 is 0 Å². The van der Waals surface area contributed by atoms with Crippen LogP contribution in [-0.4, -0.2) is 18.3 Å². The molecule has 0 radical (unpaired) electrons. The van der Waals surface area contributed by atoms with Crippen LogP contribution in [-0.2, 0) is 6.42 Å². The molecule has 0 saturated carbocycles. The van der Waals surface area contributed by atoms with Crippen LogP contribution in [0.25, 0.3) is 0 Å². The molecular formula is C14H14N2O2. The van der Waals surface area contributed by atoms with E-state index in [0.29, 0.717) is 6.79 Å². The van der Waals surface area contributed by atoms with Gasteiger partial charge in [-0.15, -0.1) is 0 Å². The van der Waals surface area contributed by atoms with Gasteiger partial charge in [-0.3, -0.25) is 4.98 Å². The third kappa shape index (κ3) is 2.37. The van der Waals surface area contributed by atoms with E-state index in [4.69, 9.17) is 9.47 Å². The predicted octanol–water partition coefficient (Wildman–Crippen LogP) is 2.46. The number of nitrogens with one attached hydrogen (secondary N) is 1. The summed E-state index contributed by atoms with van der Waals surface area (Å²) in [7, 11) is 0. The van der Waals surface area contributed by atoms with Crippen molar-refractivity contribution < 1.29 is 9.47 Å².